The predicted octanol–water partition coefficient (Wildman–Crippen LogP) is 4.54. The fourth-order valence-electron chi connectivity index (χ4n) is 4.21. The van der Waals surface area contributed by atoms with Crippen molar-refractivity contribution in [3.8, 4) is 0 Å². The summed E-state index contributed by atoms with van der Waals surface area (Å²) in [6.45, 7) is 2.13. The second kappa shape index (κ2) is 8.43. The molecule has 0 radical (unpaired) electrons. The maximum atomic E-state index is 14.1. The van der Waals surface area contributed by atoms with Crippen molar-refractivity contribution in [3.63, 3.8) is 0 Å². The number of aromatic amines is 1. The van der Waals surface area contributed by atoms with E-state index in [0.717, 1.165) is 16.5 Å². The van der Waals surface area contributed by atoms with Crippen molar-refractivity contribution < 1.29 is 13.6 Å². The summed E-state index contributed by atoms with van der Waals surface area (Å²) in [6.07, 6.45) is 4.14. The van der Waals surface area contributed by atoms with Gasteiger partial charge in [-0.1, -0.05) is 36.4 Å². The zero-order valence-electron chi connectivity index (χ0n) is 18.0. The Kier molecular flexibility index (Phi) is 5.30. The van der Waals surface area contributed by atoms with Crippen LogP contribution in [0, 0.1) is 12.7 Å². The van der Waals surface area contributed by atoms with E-state index in [1.165, 1.54) is 10.6 Å². The number of nitrogens with zero attached hydrogens (tertiary/aromatic N) is 1. The molecule has 3 heterocycles. The number of hydrogen-bond acceptors (Lipinski definition) is 3. The number of amides is 1. The summed E-state index contributed by atoms with van der Waals surface area (Å²) in [5.41, 5.74) is 2.71. The van der Waals surface area contributed by atoms with E-state index in [1.807, 2.05) is 30.5 Å². The molecule has 0 aliphatic heterocycles. The maximum absolute atomic E-state index is 14.1. The molecule has 0 aliphatic rings. The van der Waals surface area contributed by atoms with E-state index in [0.29, 0.717) is 29.9 Å². The summed E-state index contributed by atoms with van der Waals surface area (Å²) in [4.78, 5) is 29.4. The third-order valence-electron chi connectivity index (χ3n) is 5.87. The van der Waals surface area contributed by atoms with Gasteiger partial charge in [0.05, 0.1) is 17.5 Å². The van der Waals surface area contributed by atoms with Gasteiger partial charge in [-0.3, -0.25) is 9.59 Å². The fraction of sp³-hybridized carbons (Fsp3) is 0.154. The van der Waals surface area contributed by atoms with E-state index in [-0.39, 0.29) is 29.2 Å². The molecule has 0 unspecified atom stereocenters. The molecular formula is C26H22FN3O3. The summed E-state index contributed by atoms with van der Waals surface area (Å²) in [7, 11) is 0. The number of carbonyl (C=O) groups excluding carboxylic acids is 1. The van der Waals surface area contributed by atoms with Crippen molar-refractivity contribution in [1.82, 2.24) is 14.9 Å². The van der Waals surface area contributed by atoms with Gasteiger partial charge in [-0.15, -0.1) is 0 Å². The zero-order valence-corrected chi connectivity index (χ0v) is 18.0. The van der Waals surface area contributed by atoms with Crippen LogP contribution in [0.4, 0.5) is 4.39 Å². The number of nitrogens with one attached hydrogen (secondary N) is 2. The van der Waals surface area contributed by atoms with E-state index in [1.54, 1.807) is 37.4 Å². The second-order valence-electron chi connectivity index (χ2n) is 7.98. The fourth-order valence-corrected chi connectivity index (χ4v) is 4.21. The molecule has 166 valence electrons. The molecule has 0 spiro atoms. The van der Waals surface area contributed by atoms with Crippen LogP contribution < -0.4 is 10.9 Å². The molecule has 5 rings (SSSR count). The van der Waals surface area contributed by atoms with Crippen molar-refractivity contribution >= 4 is 27.8 Å². The average molecular weight is 443 g/mol. The normalized spacial score (nSPS) is 11.3. The number of rotatable bonds is 6. The number of benzene rings is 2. The van der Waals surface area contributed by atoms with Gasteiger partial charge in [0.1, 0.15) is 17.2 Å². The Morgan fingerprint density at radius 2 is 1.88 bits per heavy atom. The van der Waals surface area contributed by atoms with Gasteiger partial charge in [0, 0.05) is 35.4 Å². The largest absolute Gasteiger partial charge is 0.460 e. The third kappa shape index (κ3) is 3.82. The lowest BCUT2D eigenvalue weighted by atomic mass is 10.1. The molecule has 6 nitrogen and oxygen atoms in total. The van der Waals surface area contributed by atoms with Crippen LogP contribution in [0.2, 0.25) is 0 Å². The Morgan fingerprint density at radius 1 is 1.09 bits per heavy atom. The van der Waals surface area contributed by atoms with Crippen LogP contribution in [0.15, 0.2) is 76.2 Å². The predicted molar refractivity (Wildman–Crippen MR) is 125 cm³/mol. The molecule has 0 bridgehead atoms. The van der Waals surface area contributed by atoms with Gasteiger partial charge >= 0.3 is 0 Å². The summed E-state index contributed by atoms with van der Waals surface area (Å²) in [5.74, 6) is -0.384. The van der Waals surface area contributed by atoms with Crippen molar-refractivity contribution in [2.45, 2.75) is 19.9 Å². The van der Waals surface area contributed by atoms with Crippen LogP contribution in [0.5, 0.6) is 0 Å². The summed E-state index contributed by atoms with van der Waals surface area (Å²) in [5, 5.41) is 4.23. The first kappa shape index (κ1) is 20.8. The topological polar surface area (TPSA) is 80.0 Å². The molecule has 7 heteroatoms. The number of carbonyl (C=O) groups is 1. The van der Waals surface area contributed by atoms with Gasteiger partial charge in [0.15, 0.2) is 0 Å². The summed E-state index contributed by atoms with van der Waals surface area (Å²) in [6, 6.07) is 15.9. The van der Waals surface area contributed by atoms with Crippen molar-refractivity contribution in [1.29, 1.82) is 0 Å². The number of aryl methyl sites for hydroxylation is 1. The second-order valence-corrected chi connectivity index (χ2v) is 7.98. The minimum atomic E-state index is -0.394. The number of aromatic nitrogens is 2. The number of fused-ring (bicyclic) bond motifs is 2. The molecule has 0 aliphatic carbocycles. The summed E-state index contributed by atoms with van der Waals surface area (Å²) < 4.78 is 21.2. The third-order valence-corrected chi connectivity index (χ3v) is 5.87. The Hall–Kier alpha value is -4.13. The van der Waals surface area contributed by atoms with E-state index in [4.69, 9.17) is 4.42 Å². The van der Waals surface area contributed by atoms with Gasteiger partial charge in [0.2, 0.25) is 0 Å². The highest BCUT2D eigenvalue weighted by atomic mass is 19.1. The molecule has 2 N–H and O–H groups in total. The summed E-state index contributed by atoms with van der Waals surface area (Å²) >= 11 is 0. The van der Waals surface area contributed by atoms with E-state index >= 15 is 0 Å². The lowest BCUT2D eigenvalue weighted by Gasteiger charge is -2.08. The van der Waals surface area contributed by atoms with Crippen LogP contribution in [0.3, 0.4) is 0 Å². The number of halogens is 1. The van der Waals surface area contributed by atoms with Gasteiger partial charge in [0.25, 0.3) is 11.5 Å². The highest BCUT2D eigenvalue weighted by molar-refractivity contribution is 6.06. The van der Waals surface area contributed by atoms with Gasteiger partial charge in [-0.2, -0.15) is 0 Å². The van der Waals surface area contributed by atoms with Gasteiger partial charge in [-0.25, -0.2) is 4.39 Å². The first-order chi connectivity index (χ1) is 16.0. The monoisotopic (exact) mass is 443 g/mol. The van der Waals surface area contributed by atoms with E-state index in [9.17, 15) is 14.0 Å². The number of furan rings is 1. The lowest BCUT2D eigenvalue weighted by Crippen LogP contribution is -2.28. The van der Waals surface area contributed by atoms with Crippen LogP contribution in [0.25, 0.3) is 21.9 Å². The first-order valence-electron chi connectivity index (χ1n) is 10.7. The Balaban J connectivity index is 1.40. The van der Waals surface area contributed by atoms with Crippen LogP contribution in [-0.4, -0.2) is 22.0 Å². The number of hydrogen-bond donors (Lipinski definition) is 2. The Morgan fingerprint density at radius 3 is 2.73 bits per heavy atom. The van der Waals surface area contributed by atoms with E-state index in [2.05, 4.69) is 10.3 Å². The molecule has 3 aromatic heterocycles. The molecule has 0 fully saturated rings. The van der Waals surface area contributed by atoms with Crippen LogP contribution in [-0.2, 0) is 13.0 Å². The minimum absolute atomic E-state index is 0.0628. The maximum Gasteiger partial charge on any atom is 0.262 e. The lowest BCUT2D eigenvalue weighted by molar-refractivity contribution is 0.0954. The molecule has 1 amide bonds. The SMILES string of the molecule is Cc1oc2ccn(Cc3ccccc3F)c(=O)c2c1C(=O)NCCc1c[nH]c2ccccc12. The Labute approximate surface area is 188 Å². The van der Waals surface area contributed by atoms with Crippen molar-refractivity contribution in [2.24, 2.45) is 0 Å². The number of H-pyrrole nitrogens is 1. The van der Waals surface area contributed by atoms with E-state index < -0.39 is 5.56 Å². The molecule has 0 atom stereocenters. The first-order valence-corrected chi connectivity index (χ1v) is 10.7. The standard InChI is InChI=1S/C26H22FN3O3/c1-16-23(25(31)28-12-10-17-14-29-21-9-5-3-7-19(17)21)24-22(33-16)11-13-30(26(24)32)15-18-6-2-4-8-20(18)27/h2-9,11,13-14,29H,10,12,15H2,1H3,(H,28,31). The molecule has 0 saturated heterocycles. The molecule has 2 aromatic carbocycles. The van der Waals surface area contributed by atoms with Crippen molar-refractivity contribution in [3.05, 3.63) is 106 Å². The highest BCUT2D eigenvalue weighted by Gasteiger charge is 2.22. The Bertz CT molecular complexity index is 1540. The van der Waals surface area contributed by atoms with Gasteiger partial charge < -0.3 is 19.3 Å². The molecule has 5 aromatic rings. The number of para-hydroxylation sites is 1. The highest BCUT2D eigenvalue weighted by Crippen LogP contribution is 2.23. The molecule has 0 saturated carbocycles. The quantitative estimate of drug-likeness (QED) is 0.404. The molecule has 33 heavy (non-hydrogen) atoms. The average Bonchev–Trinajstić information content (AvgIpc) is 3.38. The van der Waals surface area contributed by atoms with Gasteiger partial charge in [-0.05, 0) is 37.1 Å². The smallest absolute Gasteiger partial charge is 0.262 e. The van der Waals surface area contributed by atoms with Crippen molar-refractivity contribution in [2.75, 3.05) is 6.54 Å². The van der Waals surface area contributed by atoms with Crippen LogP contribution in [0.1, 0.15) is 27.2 Å². The number of pyridine rings is 1. The minimum Gasteiger partial charge on any atom is -0.460 e. The zero-order chi connectivity index (χ0) is 22.9. The molecular weight excluding hydrogens is 421 g/mol. The van der Waals surface area contributed by atoms with Crippen LogP contribution >= 0.6 is 0 Å².